The minimum Gasteiger partial charge on any atom is -0.477 e. The summed E-state index contributed by atoms with van der Waals surface area (Å²) in [6, 6.07) is 4.34. The maximum Gasteiger partial charge on any atom is 0.352 e. The van der Waals surface area contributed by atoms with Gasteiger partial charge in [-0.15, -0.1) is 0 Å². The number of benzene rings is 1. The number of aromatic carboxylic acids is 1. The number of nitrogens with zero attached hydrogens (tertiary/aromatic N) is 1. The number of halogens is 1. The van der Waals surface area contributed by atoms with Crippen LogP contribution in [0.2, 0.25) is 0 Å². The molecule has 0 saturated carbocycles. The van der Waals surface area contributed by atoms with Gasteiger partial charge in [0, 0.05) is 11.4 Å². The molecule has 1 aromatic carbocycles. The van der Waals surface area contributed by atoms with Crippen molar-refractivity contribution in [1.82, 2.24) is 4.57 Å². The molecular formula is C13H14FNO2. The van der Waals surface area contributed by atoms with E-state index in [1.165, 1.54) is 12.1 Å². The van der Waals surface area contributed by atoms with Crippen molar-refractivity contribution < 1.29 is 14.3 Å². The molecule has 0 aliphatic rings. The molecule has 0 fully saturated rings. The number of carboxylic acid groups (broad SMARTS) is 1. The third-order valence-electron chi connectivity index (χ3n) is 2.94. The van der Waals surface area contributed by atoms with Crippen LogP contribution in [0.5, 0.6) is 0 Å². The van der Waals surface area contributed by atoms with E-state index in [1.54, 1.807) is 17.6 Å². The first-order valence-electron chi connectivity index (χ1n) is 5.46. The summed E-state index contributed by atoms with van der Waals surface area (Å²) in [4.78, 5) is 11.3. The van der Waals surface area contributed by atoms with Gasteiger partial charge in [-0.25, -0.2) is 9.18 Å². The van der Waals surface area contributed by atoms with Crippen molar-refractivity contribution in [2.24, 2.45) is 0 Å². The summed E-state index contributed by atoms with van der Waals surface area (Å²) >= 11 is 0. The maximum absolute atomic E-state index is 13.3. The summed E-state index contributed by atoms with van der Waals surface area (Å²) in [5.41, 5.74) is 1.55. The number of carbonyl (C=O) groups is 1. The third kappa shape index (κ3) is 1.69. The Morgan fingerprint density at radius 3 is 2.59 bits per heavy atom. The molecule has 2 aromatic rings. The predicted molar refractivity (Wildman–Crippen MR) is 64.0 cm³/mol. The van der Waals surface area contributed by atoms with Crippen molar-refractivity contribution in [1.29, 1.82) is 0 Å². The lowest BCUT2D eigenvalue weighted by atomic mass is 10.1. The van der Waals surface area contributed by atoms with Crippen molar-refractivity contribution in [3.8, 4) is 0 Å². The van der Waals surface area contributed by atoms with E-state index in [2.05, 4.69) is 0 Å². The van der Waals surface area contributed by atoms with E-state index < -0.39 is 5.97 Å². The average Bonchev–Trinajstić information content (AvgIpc) is 2.51. The molecule has 4 heteroatoms. The second-order valence-corrected chi connectivity index (χ2v) is 4.40. The van der Waals surface area contributed by atoms with Crippen LogP contribution in [0.4, 0.5) is 4.39 Å². The van der Waals surface area contributed by atoms with Gasteiger partial charge in [0.05, 0.1) is 5.52 Å². The van der Waals surface area contributed by atoms with Gasteiger partial charge < -0.3 is 9.67 Å². The Morgan fingerprint density at radius 1 is 1.41 bits per heavy atom. The number of aromatic nitrogens is 1. The van der Waals surface area contributed by atoms with Crippen LogP contribution in [0.3, 0.4) is 0 Å². The van der Waals surface area contributed by atoms with Crippen molar-refractivity contribution in [3.63, 3.8) is 0 Å². The SMILES string of the molecule is Cc1c(C(=O)O)n(C(C)C)c2cc(F)ccc12. The topological polar surface area (TPSA) is 42.2 Å². The molecule has 0 atom stereocenters. The van der Waals surface area contributed by atoms with Gasteiger partial charge in [0.1, 0.15) is 11.5 Å². The molecule has 0 unspecified atom stereocenters. The van der Waals surface area contributed by atoms with Crippen LogP contribution in [0, 0.1) is 12.7 Å². The molecule has 0 aliphatic heterocycles. The molecule has 1 heterocycles. The Labute approximate surface area is 98.5 Å². The fourth-order valence-electron chi connectivity index (χ4n) is 2.25. The highest BCUT2D eigenvalue weighted by Crippen LogP contribution is 2.29. The van der Waals surface area contributed by atoms with Crippen molar-refractivity contribution in [2.45, 2.75) is 26.8 Å². The summed E-state index contributed by atoms with van der Waals surface area (Å²) < 4.78 is 14.9. The Bertz CT molecular complexity index is 599. The van der Waals surface area contributed by atoms with Gasteiger partial charge in [-0.2, -0.15) is 0 Å². The van der Waals surface area contributed by atoms with Gasteiger partial charge in [-0.05, 0) is 44.5 Å². The fraction of sp³-hybridized carbons (Fsp3) is 0.308. The Balaban J connectivity index is 2.93. The first kappa shape index (κ1) is 11.6. The Hall–Kier alpha value is -1.84. The van der Waals surface area contributed by atoms with Gasteiger partial charge in [0.15, 0.2) is 0 Å². The number of carboxylic acids is 1. The molecule has 0 bridgehead atoms. The van der Waals surface area contributed by atoms with Gasteiger partial charge >= 0.3 is 5.97 Å². The minimum absolute atomic E-state index is 0.0286. The van der Waals surface area contributed by atoms with Crippen LogP contribution >= 0.6 is 0 Å². The highest BCUT2D eigenvalue weighted by Gasteiger charge is 2.21. The summed E-state index contributed by atoms with van der Waals surface area (Å²) in [5, 5.41) is 10.0. The molecule has 1 N–H and O–H groups in total. The maximum atomic E-state index is 13.3. The van der Waals surface area contributed by atoms with Crippen LogP contribution in [-0.2, 0) is 0 Å². The summed E-state index contributed by atoms with van der Waals surface area (Å²) in [6.07, 6.45) is 0. The first-order valence-corrected chi connectivity index (χ1v) is 5.46. The molecule has 0 aliphatic carbocycles. The van der Waals surface area contributed by atoms with E-state index in [1.807, 2.05) is 13.8 Å². The summed E-state index contributed by atoms with van der Waals surface area (Å²) in [6.45, 7) is 5.52. The van der Waals surface area contributed by atoms with E-state index in [0.29, 0.717) is 11.1 Å². The van der Waals surface area contributed by atoms with Gasteiger partial charge in [0.25, 0.3) is 0 Å². The third-order valence-corrected chi connectivity index (χ3v) is 2.94. The van der Waals surface area contributed by atoms with Crippen LogP contribution in [0.1, 0.15) is 35.9 Å². The van der Waals surface area contributed by atoms with Crippen molar-refractivity contribution >= 4 is 16.9 Å². The zero-order chi connectivity index (χ0) is 12.7. The van der Waals surface area contributed by atoms with Gasteiger partial charge in [-0.1, -0.05) is 0 Å². The summed E-state index contributed by atoms with van der Waals surface area (Å²) in [5.74, 6) is -1.33. The average molecular weight is 235 g/mol. The monoisotopic (exact) mass is 235 g/mol. The number of rotatable bonds is 2. The van der Waals surface area contributed by atoms with E-state index in [0.717, 1.165) is 5.39 Å². The molecule has 3 nitrogen and oxygen atoms in total. The van der Waals surface area contributed by atoms with E-state index in [9.17, 15) is 14.3 Å². The summed E-state index contributed by atoms with van der Waals surface area (Å²) in [7, 11) is 0. The van der Waals surface area contributed by atoms with Crippen LogP contribution in [-0.4, -0.2) is 15.6 Å². The predicted octanol–water partition coefficient (Wildman–Crippen LogP) is 3.37. The normalized spacial score (nSPS) is 11.4. The number of fused-ring (bicyclic) bond motifs is 1. The van der Waals surface area contributed by atoms with Crippen LogP contribution < -0.4 is 0 Å². The fourth-order valence-corrected chi connectivity index (χ4v) is 2.25. The van der Waals surface area contributed by atoms with E-state index >= 15 is 0 Å². The minimum atomic E-state index is -0.979. The lowest BCUT2D eigenvalue weighted by molar-refractivity contribution is 0.0683. The lowest BCUT2D eigenvalue weighted by Crippen LogP contribution is -2.11. The van der Waals surface area contributed by atoms with E-state index in [4.69, 9.17) is 0 Å². The second-order valence-electron chi connectivity index (χ2n) is 4.40. The molecule has 0 radical (unpaired) electrons. The van der Waals surface area contributed by atoms with Crippen LogP contribution in [0.15, 0.2) is 18.2 Å². The molecule has 0 saturated heterocycles. The zero-order valence-electron chi connectivity index (χ0n) is 9.99. The Kier molecular flexibility index (Phi) is 2.65. The number of aryl methyl sites for hydroxylation is 1. The largest absolute Gasteiger partial charge is 0.477 e. The molecule has 2 rings (SSSR count). The molecule has 0 amide bonds. The smallest absolute Gasteiger partial charge is 0.352 e. The molecular weight excluding hydrogens is 221 g/mol. The highest BCUT2D eigenvalue weighted by atomic mass is 19.1. The number of hydrogen-bond donors (Lipinski definition) is 1. The van der Waals surface area contributed by atoms with Crippen molar-refractivity contribution in [3.05, 3.63) is 35.3 Å². The zero-order valence-corrected chi connectivity index (χ0v) is 9.99. The number of hydrogen-bond acceptors (Lipinski definition) is 1. The molecule has 1 aromatic heterocycles. The highest BCUT2D eigenvalue weighted by molar-refractivity contribution is 5.98. The second kappa shape index (κ2) is 3.87. The van der Waals surface area contributed by atoms with Gasteiger partial charge in [0.2, 0.25) is 0 Å². The van der Waals surface area contributed by atoms with Crippen LogP contribution in [0.25, 0.3) is 10.9 Å². The molecule has 90 valence electrons. The van der Waals surface area contributed by atoms with Gasteiger partial charge in [-0.3, -0.25) is 0 Å². The lowest BCUT2D eigenvalue weighted by Gasteiger charge is -2.12. The molecule has 17 heavy (non-hydrogen) atoms. The van der Waals surface area contributed by atoms with E-state index in [-0.39, 0.29) is 17.6 Å². The quantitative estimate of drug-likeness (QED) is 0.867. The van der Waals surface area contributed by atoms with Crippen molar-refractivity contribution in [2.75, 3.05) is 0 Å². The Morgan fingerprint density at radius 2 is 2.06 bits per heavy atom. The molecule has 0 spiro atoms. The first-order chi connectivity index (χ1) is 7.93. The standard InChI is InChI=1S/C13H14FNO2/c1-7(2)15-11-6-9(14)4-5-10(11)8(3)12(15)13(16)17/h4-7H,1-3H3,(H,16,17).